The lowest BCUT2D eigenvalue weighted by atomic mass is 9.82. The van der Waals surface area contributed by atoms with Gasteiger partial charge in [0.05, 0.1) is 17.6 Å². The summed E-state index contributed by atoms with van der Waals surface area (Å²) >= 11 is 0. The molecule has 208 valence electrons. The smallest absolute Gasteiger partial charge is 0.0652 e. The summed E-state index contributed by atoms with van der Waals surface area (Å²) in [5.74, 6) is 0. The first-order chi connectivity index (χ1) is 21.1. The van der Waals surface area contributed by atoms with Crippen molar-refractivity contribution < 1.29 is 0 Å². The van der Waals surface area contributed by atoms with Gasteiger partial charge in [0.25, 0.3) is 0 Å². The Morgan fingerprint density at radius 1 is 0.465 bits per heavy atom. The molecule has 0 unspecified atom stereocenters. The van der Waals surface area contributed by atoms with Crippen LogP contribution in [0.15, 0.2) is 163 Å². The van der Waals surface area contributed by atoms with Gasteiger partial charge < -0.3 is 4.90 Å². The van der Waals surface area contributed by atoms with E-state index in [1.807, 2.05) is 47.6 Å². The SMILES string of the molecule is CC1(C)c2ccccc2-c2ccc(N(c3ccccc3)c3ccc(/C=N/N(c4ccccc4)c4ccccc4)cc3)cc21. The van der Waals surface area contributed by atoms with Gasteiger partial charge in [-0.15, -0.1) is 0 Å². The summed E-state index contributed by atoms with van der Waals surface area (Å²) < 4.78 is 0. The van der Waals surface area contributed by atoms with E-state index in [0.717, 1.165) is 34.0 Å². The molecular weight excluding hydrogens is 522 g/mol. The third-order valence-corrected chi connectivity index (χ3v) is 8.31. The monoisotopic (exact) mass is 555 g/mol. The van der Waals surface area contributed by atoms with Gasteiger partial charge in [-0.2, -0.15) is 5.10 Å². The molecule has 0 N–H and O–H groups in total. The van der Waals surface area contributed by atoms with Crippen LogP contribution < -0.4 is 9.91 Å². The number of nitrogens with zero attached hydrogens (tertiary/aromatic N) is 3. The number of benzene rings is 6. The maximum atomic E-state index is 4.90. The van der Waals surface area contributed by atoms with E-state index >= 15 is 0 Å². The van der Waals surface area contributed by atoms with Crippen molar-refractivity contribution in [3.05, 3.63) is 174 Å². The van der Waals surface area contributed by atoms with E-state index in [0.29, 0.717) is 0 Å². The third-order valence-electron chi connectivity index (χ3n) is 8.31. The second-order valence-corrected chi connectivity index (χ2v) is 11.4. The molecule has 6 aromatic rings. The predicted octanol–water partition coefficient (Wildman–Crippen LogP) is 10.6. The average molecular weight is 556 g/mol. The maximum Gasteiger partial charge on any atom is 0.0652 e. The second kappa shape index (κ2) is 11.1. The molecule has 3 nitrogen and oxygen atoms in total. The molecule has 0 amide bonds. The fourth-order valence-electron chi connectivity index (χ4n) is 6.11. The van der Waals surface area contributed by atoms with Crippen LogP contribution in [0.2, 0.25) is 0 Å². The molecule has 43 heavy (non-hydrogen) atoms. The number of para-hydroxylation sites is 3. The highest BCUT2D eigenvalue weighted by Gasteiger charge is 2.35. The van der Waals surface area contributed by atoms with Gasteiger partial charge in [0, 0.05) is 22.5 Å². The minimum Gasteiger partial charge on any atom is -0.310 e. The highest BCUT2D eigenvalue weighted by atomic mass is 15.5. The summed E-state index contributed by atoms with van der Waals surface area (Å²) in [5, 5.41) is 6.86. The summed E-state index contributed by atoms with van der Waals surface area (Å²) in [4.78, 5) is 2.33. The van der Waals surface area contributed by atoms with Gasteiger partial charge in [0.15, 0.2) is 0 Å². The number of hydrazone groups is 1. The van der Waals surface area contributed by atoms with Crippen molar-refractivity contribution >= 4 is 34.7 Å². The minimum absolute atomic E-state index is 0.0615. The van der Waals surface area contributed by atoms with E-state index in [2.05, 4.69) is 140 Å². The van der Waals surface area contributed by atoms with Crippen LogP contribution in [0.5, 0.6) is 0 Å². The zero-order valence-electron chi connectivity index (χ0n) is 24.4. The van der Waals surface area contributed by atoms with E-state index in [4.69, 9.17) is 5.10 Å². The first-order valence-electron chi connectivity index (χ1n) is 14.7. The normalized spacial score (nSPS) is 13.0. The topological polar surface area (TPSA) is 18.8 Å². The van der Waals surface area contributed by atoms with Crippen LogP contribution in [-0.2, 0) is 5.41 Å². The molecule has 0 heterocycles. The average Bonchev–Trinajstić information content (AvgIpc) is 3.29. The van der Waals surface area contributed by atoms with Gasteiger partial charge >= 0.3 is 0 Å². The molecule has 0 fully saturated rings. The first kappa shape index (κ1) is 26.5. The largest absolute Gasteiger partial charge is 0.310 e. The zero-order valence-corrected chi connectivity index (χ0v) is 24.4. The fraction of sp³-hybridized carbons (Fsp3) is 0.0750. The quantitative estimate of drug-likeness (QED) is 0.144. The van der Waals surface area contributed by atoms with Crippen molar-refractivity contribution in [2.75, 3.05) is 9.91 Å². The van der Waals surface area contributed by atoms with Gasteiger partial charge in [-0.25, -0.2) is 5.01 Å². The molecule has 1 aliphatic carbocycles. The van der Waals surface area contributed by atoms with Crippen molar-refractivity contribution in [1.82, 2.24) is 0 Å². The number of hydrogen-bond donors (Lipinski definition) is 0. The summed E-state index contributed by atoms with van der Waals surface area (Å²) in [6.45, 7) is 4.66. The Bertz CT molecular complexity index is 1840. The van der Waals surface area contributed by atoms with Gasteiger partial charge in [-0.1, -0.05) is 111 Å². The molecule has 0 aliphatic heterocycles. The van der Waals surface area contributed by atoms with Crippen LogP contribution in [-0.4, -0.2) is 6.21 Å². The maximum absolute atomic E-state index is 4.90. The van der Waals surface area contributed by atoms with Gasteiger partial charge in [0.1, 0.15) is 0 Å². The molecule has 0 bridgehead atoms. The van der Waals surface area contributed by atoms with Crippen LogP contribution in [0.4, 0.5) is 28.4 Å². The predicted molar refractivity (Wildman–Crippen MR) is 181 cm³/mol. The van der Waals surface area contributed by atoms with E-state index in [9.17, 15) is 0 Å². The second-order valence-electron chi connectivity index (χ2n) is 11.4. The summed E-state index contributed by atoms with van der Waals surface area (Å²) in [6, 6.07) is 55.4. The van der Waals surface area contributed by atoms with Crippen molar-refractivity contribution in [2.24, 2.45) is 5.10 Å². The van der Waals surface area contributed by atoms with Crippen molar-refractivity contribution in [1.29, 1.82) is 0 Å². The van der Waals surface area contributed by atoms with Crippen molar-refractivity contribution in [2.45, 2.75) is 19.3 Å². The lowest BCUT2D eigenvalue weighted by molar-refractivity contribution is 0.660. The molecule has 7 rings (SSSR count). The van der Waals surface area contributed by atoms with E-state index in [1.165, 1.54) is 22.3 Å². The summed E-state index contributed by atoms with van der Waals surface area (Å²) in [6.07, 6.45) is 1.92. The van der Waals surface area contributed by atoms with Crippen LogP contribution in [0.3, 0.4) is 0 Å². The number of hydrogen-bond acceptors (Lipinski definition) is 3. The standard InChI is InChI=1S/C40H33N3/c1-40(2)38-21-13-12-20-36(38)37-27-26-35(28-39(37)40)42(31-14-6-3-7-15-31)32-24-22-30(23-25-32)29-41-43(33-16-8-4-9-17-33)34-18-10-5-11-19-34/h3-29H,1-2H3/b41-29+. The molecule has 0 radical (unpaired) electrons. The minimum atomic E-state index is -0.0615. The molecule has 3 heteroatoms. The fourth-order valence-corrected chi connectivity index (χ4v) is 6.11. The molecule has 0 spiro atoms. The van der Waals surface area contributed by atoms with E-state index in [1.54, 1.807) is 0 Å². The highest BCUT2D eigenvalue weighted by Crippen LogP contribution is 2.50. The molecular formula is C40H33N3. The molecule has 6 aromatic carbocycles. The molecule has 0 saturated heterocycles. The molecule has 0 aromatic heterocycles. The van der Waals surface area contributed by atoms with Crippen LogP contribution in [0.25, 0.3) is 11.1 Å². The Morgan fingerprint density at radius 3 is 1.58 bits per heavy atom. The molecule has 0 saturated carbocycles. The van der Waals surface area contributed by atoms with Gasteiger partial charge in [-0.3, -0.25) is 0 Å². The lowest BCUT2D eigenvalue weighted by Gasteiger charge is -2.28. The van der Waals surface area contributed by atoms with Crippen LogP contribution in [0, 0.1) is 0 Å². The van der Waals surface area contributed by atoms with Crippen LogP contribution >= 0.6 is 0 Å². The Balaban J connectivity index is 1.24. The third kappa shape index (κ3) is 5.00. The van der Waals surface area contributed by atoms with Crippen LogP contribution in [0.1, 0.15) is 30.5 Å². The summed E-state index contributed by atoms with van der Waals surface area (Å²) in [5.41, 5.74) is 11.8. The van der Waals surface area contributed by atoms with Crippen molar-refractivity contribution in [3.8, 4) is 11.1 Å². The first-order valence-corrected chi connectivity index (χ1v) is 14.7. The zero-order chi connectivity index (χ0) is 29.2. The number of anilines is 5. The molecule has 1 aliphatic rings. The highest BCUT2D eigenvalue weighted by molar-refractivity contribution is 5.87. The number of rotatable bonds is 7. The van der Waals surface area contributed by atoms with Crippen molar-refractivity contribution in [3.63, 3.8) is 0 Å². The van der Waals surface area contributed by atoms with E-state index in [-0.39, 0.29) is 5.41 Å². The van der Waals surface area contributed by atoms with E-state index < -0.39 is 0 Å². The number of fused-ring (bicyclic) bond motifs is 3. The Morgan fingerprint density at radius 2 is 0.953 bits per heavy atom. The Labute approximate surface area is 254 Å². The van der Waals surface area contributed by atoms with Gasteiger partial charge in [0.2, 0.25) is 0 Å². The van der Waals surface area contributed by atoms with Gasteiger partial charge in [-0.05, 0) is 88.5 Å². The molecule has 0 atom stereocenters. The lowest BCUT2D eigenvalue weighted by Crippen LogP contribution is -2.16. The Kier molecular flexibility index (Phi) is 6.84. The summed E-state index contributed by atoms with van der Waals surface area (Å²) in [7, 11) is 0. The Hall–Kier alpha value is -5.41.